The van der Waals surface area contributed by atoms with Gasteiger partial charge in [0.2, 0.25) is 11.8 Å². The SMILES string of the molecule is COc1ccccc1CCC(=O)N1CC[C@@H]2[C@@H](CCC(=O)N2CCN)C1.Cl. The number of nitrogens with two attached hydrogens (primary N) is 1. The number of carbonyl (C=O) groups is 2. The van der Waals surface area contributed by atoms with Crippen molar-refractivity contribution in [2.24, 2.45) is 11.7 Å². The summed E-state index contributed by atoms with van der Waals surface area (Å²) in [5, 5.41) is 0. The summed E-state index contributed by atoms with van der Waals surface area (Å²) in [4.78, 5) is 28.8. The van der Waals surface area contributed by atoms with Crippen LogP contribution in [-0.2, 0) is 16.0 Å². The van der Waals surface area contributed by atoms with Gasteiger partial charge in [0.1, 0.15) is 5.75 Å². The number of benzene rings is 1. The van der Waals surface area contributed by atoms with Gasteiger partial charge >= 0.3 is 0 Å². The Balaban J connectivity index is 0.00000261. The van der Waals surface area contributed by atoms with Crippen LogP contribution in [0.2, 0.25) is 0 Å². The van der Waals surface area contributed by atoms with Gasteiger partial charge in [0, 0.05) is 45.1 Å². The average Bonchev–Trinajstić information content (AvgIpc) is 2.68. The van der Waals surface area contributed by atoms with E-state index in [0.717, 1.165) is 37.2 Å². The number of ether oxygens (including phenoxy) is 1. The Hall–Kier alpha value is -1.79. The van der Waals surface area contributed by atoms with E-state index in [1.54, 1.807) is 7.11 Å². The van der Waals surface area contributed by atoms with Crippen LogP contribution in [0.15, 0.2) is 24.3 Å². The first kappa shape index (κ1) is 21.5. The second kappa shape index (κ2) is 9.95. The molecule has 7 heteroatoms. The topological polar surface area (TPSA) is 75.9 Å². The minimum Gasteiger partial charge on any atom is -0.496 e. The quantitative estimate of drug-likeness (QED) is 0.797. The van der Waals surface area contributed by atoms with Crippen LogP contribution in [0.1, 0.15) is 31.2 Å². The third kappa shape index (κ3) is 4.93. The minimum absolute atomic E-state index is 0. The van der Waals surface area contributed by atoms with E-state index < -0.39 is 0 Å². The molecule has 0 unspecified atom stereocenters. The van der Waals surface area contributed by atoms with Gasteiger partial charge in [-0.2, -0.15) is 0 Å². The first-order valence-electron chi connectivity index (χ1n) is 9.53. The lowest BCUT2D eigenvalue weighted by Crippen LogP contribution is -2.57. The van der Waals surface area contributed by atoms with Crippen LogP contribution >= 0.6 is 12.4 Å². The van der Waals surface area contributed by atoms with Crippen LogP contribution in [0, 0.1) is 5.92 Å². The highest BCUT2D eigenvalue weighted by molar-refractivity contribution is 5.85. The molecule has 2 aliphatic rings. The fourth-order valence-electron chi connectivity index (χ4n) is 4.32. The fraction of sp³-hybridized carbons (Fsp3) is 0.600. The third-order valence-electron chi connectivity index (χ3n) is 5.67. The van der Waals surface area contributed by atoms with Crippen LogP contribution < -0.4 is 10.5 Å². The molecule has 3 rings (SSSR count). The molecule has 2 fully saturated rings. The molecule has 2 aliphatic heterocycles. The molecule has 0 bridgehead atoms. The largest absolute Gasteiger partial charge is 0.496 e. The van der Waals surface area contributed by atoms with Crippen LogP contribution in [0.3, 0.4) is 0 Å². The zero-order valence-corrected chi connectivity index (χ0v) is 16.7. The van der Waals surface area contributed by atoms with E-state index in [4.69, 9.17) is 10.5 Å². The maximum Gasteiger partial charge on any atom is 0.222 e. The Kier molecular flexibility index (Phi) is 7.92. The highest BCUT2D eigenvalue weighted by Gasteiger charge is 2.39. The Morgan fingerprint density at radius 1 is 1.30 bits per heavy atom. The molecule has 0 radical (unpaired) electrons. The van der Waals surface area contributed by atoms with E-state index in [-0.39, 0.29) is 30.3 Å². The highest BCUT2D eigenvalue weighted by Crippen LogP contribution is 2.31. The van der Waals surface area contributed by atoms with Crippen molar-refractivity contribution in [1.29, 1.82) is 0 Å². The number of hydrogen-bond acceptors (Lipinski definition) is 4. The Morgan fingerprint density at radius 3 is 2.81 bits per heavy atom. The van der Waals surface area contributed by atoms with Crippen molar-refractivity contribution in [3.8, 4) is 5.75 Å². The number of rotatable bonds is 6. The molecule has 0 saturated carbocycles. The summed E-state index contributed by atoms with van der Waals surface area (Å²) >= 11 is 0. The van der Waals surface area contributed by atoms with E-state index in [9.17, 15) is 9.59 Å². The van der Waals surface area contributed by atoms with Gasteiger partial charge in [0.05, 0.1) is 7.11 Å². The van der Waals surface area contributed by atoms with Crippen molar-refractivity contribution >= 4 is 24.2 Å². The van der Waals surface area contributed by atoms with Gasteiger partial charge in [0.25, 0.3) is 0 Å². The van der Waals surface area contributed by atoms with Crippen molar-refractivity contribution in [2.45, 2.75) is 38.1 Å². The number of para-hydroxylation sites is 1. The molecule has 2 saturated heterocycles. The van der Waals surface area contributed by atoms with Gasteiger partial charge in [-0.15, -0.1) is 12.4 Å². The summed E-state index contributed by atoms with van der Waals surface area (Å²) in [6, 6.07) is 8.09. The summed E-state index contributed by atoms with van der Waals surface area (Å²) in [5.74, 6) is 1.62. The summed E-state index contributed by atoms with van der Waals surface area (Å²) in [6.45, 7) is 2.60. The van der Waals surface area contributed by atoms with Gasteiger partial charge in [0.15, 0.2) is 0 Å². The summed E-state index contributed by atoms with van der Waals surface area (Å²) in [6.07, 6.45) is 3.48. The number of fused-ring (bicyclic) bond motifs is 1. The first-order valence-corrected chi connectivity index (χ1v) is 9.53. The zero-order valence-electron chi connectivity index (χ0n) is 15.9. The van der Waals surface area contributed by atoms with Gasteiger partial charge in [-0.3, -0.25) is 9.59 Å². The van der Waals surface area contributed by atoms with E-state index >= 15 is 0 Å². The fourth-order valence-corrected chi connectivity index (χ4v) is 4.32. The second-order valence-electron chi connectivity index (χ2n) is 7.18. The number of halogens is 1. The molecule has 150 valence electrons. The van der Waals surface area contributed by atoms with Crippen molar-refractivity contribution < 1.29 is 14.3 Å². The monoisotopic (exact) mass is 395 g/mol. The maximum atomic E-state index is 12.7. The molecule has 2 N–H and O–H groups in total. The molecule has 0 spiro atoms. The van der Waals surface area contributed by atoms with Crippen molar-refractivity contribution in [1.82, 2.24) is 9.80 Å². The standard InChI is InChI=1S/C20H29N3O3.ClH/c1-26-18-5-3-2-4-15(18)6-8-19(24)22-12-10-17-16(14-22)7-9-20(25)23(17)13-11-21;/h2-5,16-17H,6-14,21H2,1H3;1H/t16-,17+;/m0./s1. The predicted octanol–water partition coefficient (Wildman–Crippen LogP) is 1.85. The smallest absolute Gasteiger partial charge is 0.222 e. The normalized spacial score (nSPS) is 22.1. The second-order valence-corrected chi connectivity index (χ2v) is 7.18. The van der Waals surface area contributed by atoms with Gasteiger partial charge in [-0.25, -0.2) is 0 Å². The van der Waals surface area contributed by atoms with E-state index in [1.165, 1.54) is 0 Å². The highest BCUT2D eigenvalue weighted by atomic mass is 35.5. The van der Waals surface area contributed by atoms with Crippen LogP contribution in [-0.4, -0.2) is 60.9 Å². The number of aryl methyl sites for hydroxylation is 1. The summed E-state index contributed by atoms with van der Waals surface area (Å²) in [7, 11) is 1.66. The number of likely N-dealkylation sites (tertiary alicyclic amines) is 2. The van der Waals surface area contributed by atoms with E-state index in [1.807, 2.05) is 34.1 Å². The van der Waals surface area contributed by atoms with Gasteiger partial charge < -0.3 is 20.3 Å². The van der Waals surface area contributed by atoms with Crippen LogP contribution in [0.4, 0.5) is 0 Å². The molecular weight excluding hydrogens is 366 g/mol. The first-order chi connectivity index (χ1) is 12.6. The minimum atomic E-state index is 0. The molecule has 0 aliphatic carbocycles. The van der Waals surface area contributed by atoms with Gasteiger partial charge in [-0.05, 0) is 36.8 Å². The number of amides is 2. The Morgan fingerprint density at radius 2 is 2.07 bits per heavy atom. The lowest BCUT2D eigenvalue weighted by Gasteiger charge is -2.47. The number of hydrogen-bond donors (Lipinski definition) is 1. The van der Waals surface area contributed by atoms with E-state index in [2.05, 4.69) is 0 Å². The molecule has 2 amide bonds. The van der Waals surface area contributed by atoms with Crippen molar-refractivity contribution in [2.75, 3.05) is 33.3 Å². The molecule has 6 nitrogen and oxygen atoms in total. The molecule has 2 atom stereocenters. The average molecular weight is 396 g/mol. The van der Waals surface area contributed by atoms with Crippen molar-refractivity contribution in [3.05, 3.63) is 29.8 Å². The van der Waals surface area contributed by atoms with Crippen LogP contribution in [0.5, 0.6) is 5.75 Å². The third-order valence-corrected chi connectivity index (χ3v) is 5.67. The number of carbonyl (C=O) groups excluding carboxylic acids is 2. The lowest BCUT2D eigenvalue weighted by atomic mass is 9.83. The maximum absolute atomic E-state index is 12.7. The summed E-state index contributed by atoms with van der Waals surface area (Å²) in [5.41, 5.74) is 6.73. The van der Waals surface area contributed by atoms with Crippen LogP contribution in [0.25, 0.3) is 0 Å². The summed E-state index contributed by atoms with van der Waals surface area (Å²) < 4.78 is 5.37. The van der Waals surface area contributed by atoms with Crippen molar-refractivity contribution in [3.63, 3.8) is 0 Å². The Labute approximate surface area is 167 Å². The molecule has 2 heterocycles. The number of methoxy groups -OCH3 is 1. The molecular formula is C20H30ClN3O3. The Bertz CT molecular complexity index is 655. The molecule has 1 aromatic rings. The lowest BCUT2D eigenvalue weighted by molar-refractivity contribution is -0.144. The van der Waals surface area contributed by atoms with E-state index in [0.29, 0.717) is 38.3 Å². The molecule has 27 heavy (non-hydrogen) atoms. The zero-order chi connectivity index (χ0) is 18.5. The predicted molar refractivity (Wildman–Crippen MR) is 107 cm³/mol. The molecule has 1 aromatic carbocycles. The molecule has 0 aromatic heterocycles. The van der Waals surface area contributed by atoms with Gasteiger partial charge in [-0.1, -0.05) is 18.2 Å². The number of piperidine rings is 2. The number of nitrogens with zero attached hydrogens (tertiary/aromatic N) is 2.